The molecule has 0 aromatic heterocycles. The number of primary amides is 1. The number of carboxylic acids is 1. The Hall–Kier alpha value is -2.20. The van der Waals surface area contributed by atoms with Crippen LogP contribution in [0.15, 0.2) is 0 Å². The lowest BCUT2D eigenvalue weighted by atomic mass is 10.2. The summed E-state index contributed by atoms with van der Waals surface area (Å²) in [5.74, 6) is -3.81. The van der Waals surface area contributed by atoms with E-state index >= 15 is 0 Å². The number of aliphatic hydroxyl groups excluding tert-OH is 1. The van der Waals surface area contributed by atoms with Crippen molar-refractivity contribution in [2.45, 2.75) is 18.5 Å². The van der Waals surface area contributed by atoms with Gasteiger partial charge in [0.2, 0.25) is 17.7 Å². The van der Waals surface area contributed by atoms with Crippen LogP contribution in [0.25, 0.3) is 0 Å². The first kappa shape index (κ1) is 16.8. The van der Waals surface area contributed by atoms with Gasteiger partial charge in [0.1, 0.15) is 12.6 Å². The highest BCUT2D eigenvalue weighted by atomic mass is 16.4. The van der Waals surface area contributed by atoms with Gasteiger partial charge in [-0.25, -0.2) is 0 Å². The first-order chi connectivity index (χ1) is 8.77. The van der Waals surface area contributed by atoms with Gasteiger partial charge in [0.05, 0.1) is 19.1 Å². The average molecular weight is 276 g/mol. The molecule has 0 rings (SSSR count). The molecule has 0 aliphatic heterocycles. The van der Waals surface area contributed by atoms with Crippen LogP contribution in [0.5, 0.6) is 0 Å². The van der Waals surface area contributed by atoms with Crippen LogP contribution in [-0.2, 0) is 19.2 Å². The van der Waals surface area contributed by atoms with Crippen LogP contribution in [0.1, 0.15) is 6.42 Å². The Morgan fingerprint density at radius 3 is 2.16 bits per heavy atom. The first-order valence-corrected chi connectivity index (χ1v) is 5.22. The Labute approximate surface area is 108 Å². The van der Waals surface area contributed by atoms with Crippen molar-refractivity contribution in [3.8, 4) is 0 Å². The molecule has 10 nitrogen and oxygen atoms in total. The molecular weight excluding hydrogens is 260 g/mol. The standard InChI is InChI=1S/C9H16N4O6/c10-4(1-6(11)15)8(18)13-5(3-14)9(19)12-2-7(16)17/h4-5,14H,1-3,10H2,(H2,11,15)(H,12,19)(H,13,18)(H,16,17)/t4-,5-/m0/s1. The van der Waals surface area contributed by atoms with Crippen molar-refractivity contribution in [1.82, 2.24) is 10.6 Å². The van der Waals surface area contributed by atoms with Gasteiger partial charge < -0.3 is 32.3 Å². The smallest absolute Gasteiger partial charge is 0.322 e. The molecule has 108 valence electrons. The zero-order valence-electron chi connectivity index (χ0n) is 9.96. The molecule has 2 atom stereocenters. The van der Waals surface area contributed by atoms with Crippen LogP contribution in [0.2, 0.25) is 0 Å². The van der Waals surface area contributed by atoms with Crippen molar-refractivity contribution in [2.75, 3.05) is 13.2 Å². The third-order valence-corrected chi connectivity index (χ3v) is 1.99. The number of carbonyl (C=O) groups is 4. The number of aliphatic hydroxyl groups is 1. The molecule has 0 aromatic rings. The van der Waals surface area contributed by atoms with Crippen molar-refractivity contribution >= 4 is 23.7 Å². The summed E-state index contributed by atoms with van der Waals surface area (Å²) in [6.45, 7) is -1.40. The van der Waals surface area contributed by atoms with E-state index in [2.05, 4.69) is 5.32 Å². The van der Waals surface area contributed by atoms with E-state index in [9.17, 15) is 19.2 Å². The second-order valence-corrected chi connectivity index (χ2v) is 3.63. The minimum absolute atomic E-state index is 0.416. The zero-order valence-corrected chi connectivity index (χ0v) is 9.96. The summed E-state index contributed by atoms with van der Waals surface area (Å²) in [6.07, 6.45) is -0.416. The van der Waals surface area contributed by atoms with E-state index in [0.29, 0.717) is 0 Å². The maximum atomic E-state index is 11.4. The number of amides is 3. The number of aliphatic carboxylic acids is 1. The highest BCUT2D eigenvalue weighted by Gasteiger charge is 2.24. The van der Waals surface area contributed by atoms with Crippen molar-refractivity contribution in [3.05, 3.63) is 0 Å². The van der Waals surface area contributed by atoms with Crippen LogP contribution in [0, 0.1) is 0 Å². The van der Waals surface area contributed by atoms with Gasteiger partial charge in [-0.1, -0.05) is 0 Å². The predicted octanol–water partition coefficient (Wildman–Crippen LogP) is -4.13. The quantitative estimate of drug-likeness (QED) is 0.260. The lowest BCUT2D eigenvalue weighted by Crippen LogP contribution is -2.54. The Bertz CT molecular complexity index is 372. The van der Waals surface area contributed by atoms with Gasteiger partial charge >= 0.3 is 5.97 Å². The molecule has 19 heavy (non-hydrogen) atoms. The molecule has 0 bridgehead atoms. The average Bonchev–Trinajstić information content (AvgIpc) is 2.31. The molecule has 0 radical (unpaired) electrons. The van der Waals surface area contributed by atoms with E-state index in [1.807, 2.05) is 5.32 Å². The summed E-state index contributed by atoms with van der Waals surface area (Å²) in [4.78, 5) is 43.6. The van der Waals surface area contributed by atoms with Crippen molar-refractivity contribution in [1.29, 1.82) is 0 Å². The molecule has 0 saturated carbocycles. The van der Waals surface area contributed by atoms with Crippen molar-refractivity contribution in [3.63, 3.8) is 0 Å². The Balaban J connectivity index is 4.38. The topological polar surface area (TPSA) is 185 Å². The zero-order chi connectivity index (χ0) is 15.0. The molecule has 0 fully saturated rings. The van der Waals surface area contributed by atoms with Crippen molar-refractivity contribution < 1.29 is 29.4 Å². The van der Waals surface area contributed by atoms with Gasteiger partial charge in [0.25, 0.3) is 0 Å². The minimum atomic E-state index is -1.36. The summed E-state index contributed by atoms with van der Waals surface area (Å²) in [6, 6.07) is -2.61. The number of hydrogen-bond donors (Lipinski definition) is 6. The van der Waals surface area contributed by atoms with Crippen LogP contribution >= 0.6 is 0 Å². The second-order valence-electron chi connectivity index (χ2n) is 3.63. The van der Waals surface area contributed by atoms with E-state index in [0.717, 1.165) is 0 Å². The van der Waals surface area contributed by atoms with E-state index in [1.165, 1.54) is 0 Å². The van der Waals surface area contributed by atoms with Gasteiger partial charge in [-0.05, 0) is 0 Å². The highest BCUT2D eigenvalue weighted by Crippen LogP contribution is 1.90. The van der Waals surface area contributed by atoms with Crippen molar-refractivity contribution in [2.24, 2.45) is 11.5 Å². The van der Waals surface area contributed by atoms with E-state index in [4.69, 9.17) is 21.7 Å². The molecule has 0 aliphatic rings. The maximum absolute atomic E-state index is 11.4. The summed E-state index contributed by atoms with van der Waals surface area (Å²) in [7, 11) is 0. The molecular formula is C9H16N4O6. The monoisotopic (exact) mass is 276 g/mol. The second kappa shape index (κ2) is 8.00. The fourth-order valence-corrected chi connectivity index (χ4v) is 1.07. The largest absolute Gasteiger partial charge is 0.480 e. The number of hydrogen-bond acceptors (Lipinski definition) is 6. The van der Waals surface area contributed by atoms with Crippen LogP contribution < -0.4 is 22.1 Å². The Kier molecular flexibility index (Phi) is 7.07. The molecule has 8 N–H and O–H groups in total. The van der Waals surface area contributed by atoms with Crippen LogP contribution in [0.4, 0.5) is 0 Å². The SMILES string of the molecule is NC(=O)C[C@H](N)C(=O)N[C@@H](CO)C(=O)NCC(=O)O. The van der Waals surface area contributed by atoms with E-state index in [1.54, 1.807) is 0 Å². The summed E-state index contributed by atoms with van der Waals surface area (Å²) >= 11 is 0. The number of carboxylic acid groups (broad SMARTS) is 1. The maximum Gasteiger partial charge on any atom is 0.322 e. The van der Waals surface area contributed by atoms with Crippen LogP contribution in [0.3, 0.4) is 0 Å². The summed E-state index contributed by atoms with van der Waals surface area (Å²) in [5.41, 5.74) is 10.2. The summed E-state index contributed by atoms with van der Waals surface area (Å²) < 4.78 is 0. The van der Waals surface area contributed by atoms with E-state index in [-0.39, 0.29) is 0 Å². The van der Waals surface area contributed by atoms with Gasteiger partial charge in [-0.15, -0.1) is 0 Å². The molecule has 0 spiro atoms. The number of nitrogens with two attached hydrogens (primary N) is 2. The lowest BCUT2D eigenvalue weighted by Gasteiger charge is -2.17. The molecule has 0 saturated heterocycles. The van der Waals surface area contributed by atoms with E-state index < -0.39 is 55.3 Å². The van der Waals surface area contributed by atoms with Crippen LogP contribution in [-0.4, -0.2) is 59.1 Å². The molecule has 0 aromatic carbocycles. The van der Waals surface area contributed by atoms with Gasteiger partial charge in [0, 0.05) is 0 Å². The fourth-order valence-electron chi connectivity index (χ4n) is 1.07. The highest BCUT2D eigenvalue weighted by molar-refractivity contribution is 5.92. The van der Waals surface area contributed by atoms with Gasteiger partial charge in [0.15, 0.2) is 0 Å². The molecule has 0 heterocycles. The minimum Gasteiger partial charge on any atom is -0.480 e. The molecule has 3 amide bonds. The third-order valence-electron chi connectivity index (χ3n) is 1.99. The fraction of sp³-hybridized carbons (Fsp3) is 0.556. The number of nitrogens with one attached hydrogen (secondary N) is 2. The number of rotatable bonds is 8. The third kappa shape index (κ3) is 6.95. The Morgan fingerprint density at radius 2 is 1.74 bits per heavy atom. The first-order valence-electron chi connectivity index (χ1n) is 5.22. The number of carbonyl (C=O) groups excluding carboxylic acids is 3. The normalized spacial score (nSPS) is 13.2. The molecule has 10 heteroatoms. The molecule has 0 unspecified atom stereocenters. The lowest BCUT2D eigenvalue weighted by molar-refractivity contribution is -0.138. The summed E-state index contributed by atoms with van der Waals surface area (Å²) in [5, 5.41) is 21.3. The van der Waals surface area contributed by atoms with Gasteiger partial charge in [-0.3, -0.25) is 19.2 Å². The molecule has 0 aliphatic carbocycles. The predicted molar refractivity (Wildman–Crippen MR) is 61.4 cm³/mol. The van der Waals surface area contributed by atoms with Gasteiger partial charge in [-0.2, -0.15) is 0 Å². The Morgan fingerprint density at radius 1 is 1.16 bits per heavy atom.